The van der Waals surface area contributed by atoms with Crippen molar-refractivity contribution in [1.82, 2.24) is 0 Å². The van der Waals surface area contributed by atoms with Crippen molar-refractivity contribution in [2.45, 2.75) is 13.8 Å². The van der Waals surface area contributed by atoms with Gasteiger partial charge >= 0.3 is 0 Å². The second-order valence-corrected chi connectivity index (χ2v) is 3.31. The first-order valence-corrected chi connectivity index (χ1v) is 4.26. The minimum atomic E-state index is -0.672. The summed E-state index contributed by atoms with van der Waals surface area (Å²) in [5.74, 6) is 0. The Morgan fingerprint density at radius 2 is 2.00 bits per heavy atom. The van der Waals surface area contributed by atoms with Crippen molar-refractivity contribution in [1.29, 1.82) is 0 Å². The van der Waals surface area contributed by atoms with E-state index in [-0.39, 0.29) is 11.3 Å². The van der Waals surface area contributed by atoms with Crippen molar-refractivity contribution in [3.63, 3.8) is 0 Å². The van der Waals surface area contributed by atoms with E-state index < -0.39 is 10.2 Å². The standard InChI is InChI=1S/C9H8ClNO3/c1-5-3-7(11(13)14)4-8(6(5)2)9(10)12/h3-4H,1-2H3. The summed E-state index contributed by atoms with van der Waals surface area (Å²) in [7, 11) is 0. The van der Waals surface area contributed by atoms with Gasteiger partial charge < -0.3 is 0 Å². The smallest absolute Gasteiger partial charge is 0.270 e. The molecule has 5 heteroatoms. The SMILES string of the molecule is Cc1cc([N+](=O)[O-])cc(C(=O)Cl)c1C. The van der Waals surface area contributed by atoms with Gasteiger partial charge in [0.1, 0.15) is 0 Å². The van der Waals surface area contributed by atoms with Crippen LogP contribution in [0.2, 0.25) is 0 Å². The Labute approximate surface area is 85.6 Å². The van der Waals surface area contributed by atoms with Crippen LogP contribution >= 0.6 is 11.6 Å². The molecule has 1 rings (SSSR count). The first-order valence-electron chi connectivity index (χ1n) is 3.89. The van der Waals surface area contributed by atoms with Crippen molar-refractivity contribution in [2.75, 3.05) is 0 Å². The van der Waals surface area contributed by atoms with Crippen LogP contribution < -0.4 is 0 Å². The summed E-state index contributed by atoms with van der Waals surface area (Å²) in [6.45, 7) is 3.40. The molecule has 0 spiro atoms. The average Bonchev–Trinajstić information content (AvgIpc) is 2.08. The number of hydrogen-bond acceptors (Lipinski definition) is 3. The van der Waals surface area contributed by atoms with Crippen molar-refractivity contribution in [3.8, 4) is 0 Å². The zero-order valence-electron chi connectivity index (χ0n) is 7.70. The molecule has 0 radical (unpaired) electrons. The molecule has 0 aliphatic carbocycles. The predicted molar refractivity (Wildman–Crippen MR) is 52.8 cm³/mol. The highest BCUT2D eigenvalue weighted by atomic mass is 35.5. The second kappa shape index (κ2) is 3.75. The summed E-state index contributed by atoms with van der Waals surface area (Å²) < 4.78 is 0. The Bertz CT molecular complexity index is 415. The number of nitro benzene ring substituents is 1. The largest absolute Gasteiger partial charge is 0.276 e. The van der Waals surface area contributed by atoms with Crippen LogP contribution in [0.15, 0.2) is 12.1 Å². The van der Waals surface area contributed by atoms with E-state index in [0.717, 1.165) is 0 Å². The number of rotatable bonds is 2. The summed E-state index contributed by atoms with van der Waals surface area (Å²) in [6.07, 6.45) is 0. The number of carbonyl (C=O) groups is 1. The molecule has 0 heterocycles. The van der Waals surface area contributed by atoms with E-state index in [0.29, 0.717) is 11.1 Å². The number of halogens is 1. The number of hydrogen-bond donors (Lipinski definition) is 0. The van der Waals surface area contributed by atoms with Gasteiger partial charge in [0.05, 0.1) is 4.92 Å². The summed E-state index contributed by atoms with van der Waals surface area (Å²) in [4.78, 5) is 20.9. The number of nitrogens with zero attached hydrogens (tertiary/aromatic N) is 1. The molecule has 1 aromatic rings. The van der Waals surface area contributed by atoms with E-state index in [2.05, 4.69) is 0 Å². The molecule has 4 nitrogen and oxygen atoms in total. The maximum atomic E-state index is 10.9. The van der Waals surface area contributed by atoms with Crippen LogP contribution in [-0.4, -0.2) is 10.2 Å². The number of aryl methyl sites for hydroxylation is 1. The van der Waals surface area contributed by atoms with Crippen LogP contribution in [0.4, 0.5) is 5.69 Å². The zero-order chi connectivity index (χ0) is 10.9. The first-order chi connectivity index (χ1) is 6.43. The van der Waals surface area contributed by atoms with Crippen LogP contribution in [-0.2, 0) is 0 Å². The molecule has 0 saturated carbocycles. The normalized spacial score (nSPS) is 9.93. The third-order valence-electron chi connectivity index (χ3n) is 2.07. The summed E-state index contributed by atoms with van der Waals surface area (Å²) in [5, 5.41) is 9.82. The van der Waals surface area contributed by atoms with Gasteiger partial charge in [0, 0.05) is 17.7 Å². The van der Waals surface area contributed by atoms with E-state index in [1.54, 1.807) is 13.8 Å². The van der Waals surface area contributed by atoms with Crippen LogP contribution in [0.3, 0.4) is 0 Å². The summed E-state index contributed by atoms with van der Waals surface area (Å²) >= 11 is 5.30. The van der Waals surface area contributed by atoms with Gasteiger partial charge in [-0.15, -0.1) is 0 Å². The lowest BCUT2D eigenvalue weighted by Gasteiger charge is -2.04. The minimum Gasteiger partial charge on any atom is -0.276 e. The summed E-state index contributed by atoms with van der Waals surface area (Å²) in [6, 6.07) is 2.61. The average molecular weight is 214 g/mol. The zero-order valence-corrected chi connectivity index (χ0v) is 8.46. The molecule has 0 aromatic heterocycles. The molecule has 0 fully saturated rings. The molecule has 74 valence electrons. The summed E-state index contributed by atoms with van der Waals surface area (Å²) in [5.41, 5.74) is 1.44. The quantitative estimate of drug-likeness (QED) is 0.431. The van der Waals surface area contributed by atoms with E-state index >= 15 is 0 Å². The molecule has 1 aromatic carbocycles. The fourth-order valence-corrected chi connectivity index (χ4v) is 1.35. The molecular formula is C9H8ClNO3. The van der Waals surface area contributed by atoms with Crippen molar-refractivity contribution < 1.29 is 9.72 Å². The monoisotopic (exact) mass is 213 g/mol. The molecule has 0 saturated heterocycles. The maximum absolute atomic E-state index is 10.9. The highest BCUT2D eigenvalue weighted by molar-refractivity contribution is 6.68. The van der Waals surface area contributed by atoms with Gasteiger partial charge in [0.15, 0.2) is 0 Å². The fourth-order valence-electron chi connectivity index (χ4n) is 1.15. The molecule has 0 aliphatic rings. The van der Waals surface area contributed by atoms with Crippen molar-refractivity contribution in [3.05, 3.63) is 38.9 Å². The van der Waals surface area contributed by atoms with E-state index in [1.165, 1.54) is 12.1 Å². The lowest BCUT2D eigenvalue weighted by Crippen LogP contribution is -1.99. The van der Waals surface area contributed by atoms with E-state index in [4.69, 9.17) is 11.6 Å². The molecule has 0 N–H and O–H groups in total. The lowest BCUT2D eigenvalue weighted by atomic mass is 10.0. The number of carbonyl (C=O) groups excluding carboxylic acids is 1. The Kier molecular flexibility index (Phi) is 2.86. The predicted octanol–water partition coefficient (Wildman–Crippen LogP) is 2.59. The minimum absolute atomic E-state index is 0.114. The van der Waals surface area contributed by atoms with Gasteiger partial charge in [0.25, 0.3) is 10.9 Å². The van der Waals surface area contributed by atoms with Gasteiger partial charge in [-0.1, -0.05) is 0 Å². The topological polar surface area (TPSA) is 60.2 Å². The highest BCUT2D eigenvalue weighted by Crippen LogP contribution is 2.22. The molecule has 0 atom stereocenters. The Morgan fingerprint density at radius 3 is 2.43 bits per heavy atom. The van der Waals surface area contributed by atoms with Crippen LogP contribution in [0.25, 0.3) is 0 Å². The molecule has 0 amide bonds. The van der Waals surface area contributed by atoms with Crippen LogP contribution in [0.5, 0.6) is 0 Å². The number of nitro groups is 1. The fraction of sp³-hybridized carbons (Fsp3) is 0.222. The van der Waals surface area contributed by atoms with Crippen LogP contribution in [0, 0.1) is 24.0 Å². The molecule has 0 aliphatic heterocycles. The number of non-ortho nitro benzene ring substituents is 1. The lowest BCUT2D eigenvalue weighted by molar-refractivity contribution is -0.384. The molecular weight excluding hydrogens is 206 g/mol. The van der Waals surface area contributed by atoms with E-state index in [1.807, 2.05) is 0 Å². The second-order valence-electron chi connectivity index (χ2n) is 2.97. The first kappa shape index (κ1) is 10.7. The van der Waals surface area contributed by atoms with E-state index in [9.17, 15) is 14.9 Å². The maximum Gasteiger partial charge on any atom is 0.270 e. The third-order valence-corrected chi connectivity index (χ3v) is 2.28. The van der Waals surface area contributed by atoms with Crippen molar-refractivity contribution in [2.24, 2.45) is 0 Å². The Balaban J connectivity index is 3.43. The highest BCUT2D eigenvalue weighted by Gasteiger charge is 2.15. The molecule has 14 heavy (non-hydrogen) atoms. The Hall–Kier alpha value is -1.42. The molecule has 0 bridgehead atoms. The van der Waals surface area contributed by atoms with Crippen LogP contribution in [0.1, 0.15) is 21.5 Å². The van der Waals surface area contributed by atoms with Gasteiger partial charge in [-0.2, -0.15) is 0 Å². The van der Waals surface area contributed by atoms with Gasteiger partial charge in [-0.3, -0.25) is 14.9 Å². The van der Waals surface area contributed by atoms with Gasteiger partial charge in [0.2, 0.25) is 0 Å². The third kappa shape index (κ3) is 1.90. The molecule has 0 unspecified atom stereocenters. The number of benzene rings is 1. The van der Waals surface area contributed by atoms with Gasteiger partial charge in [-0.05, 0) is 36.6 Å². The Morgan fingerprint density at radius 1 is 1.43 bits per heavy atom. The van der Waals surface area contributed by atoms with Crippen molar-refractivity contribution >= 4 is 22.5 Å². The van der Waals surface area contributed by atoms with Gasteiger partial charge in [-0.25, -0.2) is 0 Å².